The molecule has 1 aromatic rings. The first kappa shape index (κ1) is 19.6. The summed E-state index contributed by atoms with van der Waals surface area (Å²) >= 11 is 4.84. The maximum Gasteiger partial charge on any atom is 0.408 e. The Morgan fingerprint density at radius 2 is 2.25 bits per heavy atom. The van der Waals surface area contributed by atoms with Crippen LogP contribution in [0.2, 0.25) is 0 Å². The van der Waals surface area contributed by atoms with Crippen molar-refractivity contribution in [1.82, 2.24) is 15.2 Å². The number of carbonyl (C=O) groups excluding carboxylic acids is 1. The molecule has 0 aromatic carbocycles. The van der Waals surface area contributed by atoms with E-state index in [1.807, 2.05) is 5.38 Å². The number of halogens is 1. The summed E-state index contributed by atoms with van der Waals surface area (Å²) < 4.78 is 11.4. The van der Waals surface area contributed by atoms with E-state index in [-0.39, 0.29) is 18.8 Å². The van der Waals surface area contributed by atoms with Crippen LogP contribution >= 0.6 is 27.3 Å². The van der Waals surface area contributed by atoms with Crippen LogP contribution in [-0.2, 0) is 9.47 Å². The van der Waals surface area contributed by atoms with Crippen molar-refractivity contribution in [1.29, 1.82) is 0 Å². The Labute approximate surface area is 154 Å². The highest BCUT2D eigenvalue weighted by atomic mass is 79.9. The van der Waals surface area contributed by atoms with Crippen molar-refractivity contribution in [3.8, 4) is 0 Å². The SMILES string of the molecule is COC1CN([C@H](c2nc(Br)cs2)[C@@H](CO)NC(=O)OC(C)(C)C)C1. The molecular formula is C15H24BrN3O4S. The Hall–Kier alpha value is -0.740. The minimum Gasteiger partial charge on any atom is -0.444 e. The molecule has 9 heteroatoms. The van der Waals surface area contributed by atoms with Crippen LogP contribution in [0.5, 0.6) is 0 Å². The second-order valence-corrected chi connectivity index (χ2v) is 8.40. The van der Waals surface area contributed by atoms with Crippen LogP contribution in [-0.4, -0.2) is 65.6 Å². The van der Waals surface area contributed by atoms with Gasteiger partial charge < -0.3 is 19.9 Å². The second kappa shape index (κ2) is 8.09. The summed E-state index contributed by atoms with van der Waals surface area (Å²) in [6.07, 6.45) is -0.386. The summed E-state index contributed by atoms with van der Waals surface area (Å²) in [6, 6.07) is -0.749. The van der Waals surface area contributed by atoms with Crippen molar-refractivity contribution in [3.63, 3.8) is 0 Å². The minimum atomic E-state index is -0.596. The fraction of sp³-hybridized carbons (Fsp3) is 0.733. The first-order chi connectivity index (χ1) is 11.2. The molecule has 2 rings (SSSR count). The lowest BCUT2D eigenvalue weighted by molar-refractivity contribution is -0.0627. The summed E-state index contributed by atoms with van der Waals surface area (Å²) in [5.74, 6) is 0. The first-order valence-corrected chi connectivity index (χ1v) is 9.39. The molecule has 7 nitrogen and oxygen atoms in total. The Balaban J connectivity index is 2.13. The third-order valence-electron chi connectivity index (χ3n) is 3.63. The number of nitrogens with one attached hydrogen (secondary N) is 1. The lowest BCUT2D eigenvalue weighted by Gasteiger charge is -2.45. The highest BCUT2D eigenvalue weighted by Crippen LogP contribution is 2.33. The molecule has 1 amide bonds. The number of likely N-dealkylation sites (tertiary alicyclic amines) is 1. The number of aliphatic hydroxyl groups excluding tert-OH is 1. The monoisotopic (exact) mass is 421 g/mol. The number of methoxy groups -OCH3 is 1. The number of nitrogens with zero attached hydrogens (tertiary/aromatic N) is 2. The van der Waals surface area contributed by atoms with Gasteiger partial charge >= 0.3 is 6.09 Å². The largest absolute Gasteiger partial charge is 0.444 e. The number of rotatable bonds is 6. The smallest absolute Gasteiger partial charge is 0.408 e. The van der Waals surface area contributed by atoms with Gasteiger partial charge in [-0.2, -0.15) is 0 Å². The number of amides is 1. The van der Waals surface area contributed by atoms with Crippen LogP contribution in [0, 0.1) is 0 Å². The zero-order valence-corrected chi connectivity index (χ0v) is 16.7. The first-order valence-electron chi connectivity index (χ1n) is 7.71. The maximum absolute atomic E-state index is 12.1. The Kier molecular flexibility index (Phi) is 6.60. The van der Waals surface area contributed by atoms with Crippen molar-refractivity contribution in [2.75, 3.05) is 26.8 Å². The summed E-state index contributed by atoms with van der Waals surface area (Å²) in [5.41, 5.74) is -0.596. The molecule has 24 heavy (non-hydrogen) atoms. The second-order valence-electron chi connectivity index (χ2n) is 6.70. The number of aromatic nitrogens is 1. The fourth-order valence-corrected chi connectivity index (χ4v) is 3.98. The van der Waals surface area contributed by atoms with E-state index in [0.717, 1.165) is 22.7 Å². The molecule has 2 atom stereocenters. The standard InChI is InChI=1S/C15H24BrN3O4S/c1-15(2,3)23-14(21)17-10(7-20)12(13-18-11(16)8-24-13)19-5-9(6-19)22-4/h8-10,12,20H,5-7H2,1-4H3,(H,17,21)/t10-,12+/m1/s1. The van der Waals surface area contributed by atoms with Gasteiger partial charge in [-0.1, -0.05) is 0 Å². The number of thiazole rings is 1. The average molecular weight is 422 g/mol. The summed E-state index contributed by atoms with van der Waals surface area (Å²) in [5, 5.41) is 15.3. The van der Waals surface area contributed by atoms with Gasteiger partial charge in [-0.25, -0.2) is 9.78 Å². The number of hydrogen-bond acceptors (Lipinski definition) is 7. The molecule has 0 spiro atoms. The maximum atomic E-state index is 12.1. The lowest BCUT2D eigenvalue weighted by Crippen LogP contribution is -2.58. The van der Waals surface area contributed by atoms with Crippen molar-refractivity contribution in [2.45, 2.75) is 44.6 Å². The summed E-state index contributed by atoms with van der Waals surface area (Å²) in [4.78, 5) is 18.7. The Morgan fingerprint density at radius 3 is 2.71 bits per heavy atom. The van der Waals surface area contributed by atoms with Crippen LogP contribution in [0.4, 0.5) is 4.79 Å². The van der Waals surface area contributed by atoms with Crippen molar-refractivity contribution >= 4 is 33.4 Å². The van der Waals surface area contributed by atoms with E-state index in [2.05, 4.69) is 31.1 Å². The van der Waals surface area contributed by atoms with Gasteiger partial charge in [0.1, 0.15) is 15.2 Å². The average Bonchev–Trinajstić information content (AvgIpc) is 2.84. The third-order valence-corrected chi connectivity index (χ3v) is 5.25. The van der Waals surface area contributed by atoms with Gasteiger partial charge in [0.2, 0.25) is 0 Å². The molecule has 1 fully saturated rings. The van der Waals surface area contributed by atoms with Crippen LogP contribution in [0.3, 0.4) is 0 Å². The zero-order valence-electron chi connectivity index (χ0n) is 14.3. The molecule has 0 bridgehead atoms. The minimum absolute atomic E-state index is 0.164. The summed E-state index contributed by atoms with van der Waals surface area (Å²) in [6.45, 7) is 6.64. The predicted octanol–water partition coefficient (Wildman–Crippen LogP) is 2.16. The van der Waals surface area contributed by atoms with Gasteiger partial charge in [0.25, 0.3) is 0 Å². The summed E-state index contributed by atoms with van der Waals surface area (Å²) in [7, 11) is 1.68. The number of ether oxygens (including phenoxy) is 2. The van der Waals surface area contributed by atoms with Gasteiger partial charge in [-0.15, -0.1) is 11.3 Å². The van der Waals surface area contributed by atoms with Crippen LogP contribution < -0.4 is 5.32 Å². The van der Waals surface area contributed by atoms with Crippen molar-refractivity contribution in [3.05, 3.63) is 15.0 Å². The molecule has 1 aliphatic rings. The molecular weight excluding hydrogens is 398 g/mol. The van der Waals surface area contributed by atoms with Crippen LogP contribution in [0.1, 0.15) is 31.8 Å². The molecule has 0 aliphatic carbocycles. The molecule has 2 N–H and O–H groups in total. The molecule has 1 aliphatic heterocycles. The van der Waals surface area contributed by atoms with E-state index >= 15 is 0 Å². The fourth-order valence-electron chi connectivity index (χ4n) is 2.51. The molecule has 0 saturated carbocycles. The quantitative estimate of drug-likeness (QED) is 0.731. The van der Waals surface area contributed by atoms with Crippen LogP contribution in [0.15, 0.2) is 9.98 Å². The van der Waals surface area contributed by atoms with Gasteiger partial charge in [-0.3, -0.25) is 4.90 Å². The molecule has 1 aromatic heterocycles. The number of carbonyl (C=O) groups is 1. The molecule has 0 radical (unpaired) electrons. The van der Waals surface area contributed by atoms with E-state index in [4.69, 9.17) is 9.47 Å². The van der Waals surface area contributed by atoms with E-state index < -0.39 is 17.7 Å². The highest BCUT2D eigenvalue weighted by Gasteiger charge is 2.40. The molecule has 136 valence electrons. The van der Waals surface area contributed by atoms with E-state index in [1.165, 1.54) is 11.3 Å². The Bertz CT molecular complexity index is 557. The zero-order chi connectivity index (χ0) is 17.9. The molecule has 0 unspecified atom stereocenters. The highest BCUT2D eigenvalue weighted by molar-refractivity contribution is 9.10. The van der Waals surface area contributed by atoms with E-state index in [9.17, 15) is 9.90 Å². The van der Waals surface area contributed by atoms with Crippen molar-refractivity contribution in [2.24, 2.45) is 0 Å². The van der Waals surface area contributed by atoms with Crippen molar-refractivity contribution < 1.29 is 19.4 Å². The topological polar surface area (TPSA) is 83.9 Å². The number of hydrogen-bond donors (Lipinski definition) is 2. The normalized spacial score (nSPS) is 18.8. The number of aliphatic hydroxyl groups is 1. The Morgan fingerprint density at radius 1 is 1.58 bits per heavy atom. The van der Waals surface area contributed by atoms with E-state index in [0.29, 0.717) is 0 Å². The molecule has 1 saturated heterocycles. The van der Waals surface area contributed by atoms with Gasteiger partial charge in [0, 0.05) is 25.6 Å². The number of alkyl carbamates (subject to hydrolysis) is 1. The van der Waals surface area contributed by atoms with Crippen LogP contribution in [0.25, 0.3) is 0 Å². The van der Waals surface area contributed by atoms with Gasteiger partial charge in [0.15, 0.2) is 0 Å². The van der Waals surface area contributed by atoms with Gasteiger partial charge in [0.05, 0.1) is 24.8 Å². The predicted molar refractivity (Wildman–Crippen MR) is 95.2 cm³/mol. The van der Waals surface area contributed by atoms with E-state index in [1.54, 1.807) is 27.9 Å². The molecule has 2 heterocycles. The lowest BCUT2D eigenvalue weighted by atomic mass is 10.0. The third kappa shape index (κ3) is 5.13. The van der Waals surface area contributed by atoms with Gasteiger partial charge in [-0.05, 0) is 36.7 Å².